The molecule has 5 aliphatic rings. The molecule has 2 N–H and O–H groups in total. The van der Waals surface area contributed by atoms with Crippen molar-refractivity contribution >= 4 is 5.91 Å². The van der Waals surface area contributed by atoms with Crippen LogP contribution in [0, 0.1) is 17.3 Å². The van der Waals surface area contributed by atoms with Crippen LogP contribution in [0.3, 0.4) is 0 Å². The van der Waals surface area contributed by atoms with Crippen LogP contribution in [0.1, 0.15) is 58.3 Å². The zero-order valence-corrected chi connectivity index (χ0v) is 20.2. The van der Waals surface area contributed by atoms with Gasteiger partial charge < -0.3 is 10.6 Å². The van der Waals surface area contributed by atoms with Crippen molar-refractivity contribution < 1.29 is 22.4 Å². The molecule has 0 radical (unpaired) electrons. The number of hydrogen-bond donors (Lipinski definition) is 2. The molecule has 0 aromatic rings. The second-order valence-corrected chi connectivity index (χ2v) is 12.0. The van der Waals surface area contributed by atoms with E-state index in [-0.39, 0.29) is 41.9 Å². The Balaban J connectivity index is 1.10. The van der Waals surface area contributed by atoms with Gasteiger partial charge in [-0.2, -0.15) is 0 Å². The minimum atomic E-state index is -2.28. The van der Waals surface area contributed by atoms with Crippen LogP contribution >= 0.6 is 0 Å². The first-order valence-corrected chi connectivity index (χ1v) is 13.3. The summed E-state index contributed by atoms with van der Waals surface area (Å²) in [5.41, 5.74) is 0.185. The first-order chi connectivity index (χ1) is 16.2. The van der Waals surface area contributed by atoms with E-state index in [0.29, 0.717) is 44.7 Å². The zero-order chi connectivity index (χ0) is 24.0. The summed E-state index contributed by atoms with van der Waals surface area (Å²) >= 11 is 0. The Morgan fingerprint density at radius 1 is 1.09 bits per heavy atom. The largest absolute Gasteiger partial charge is 0.352 e. The quantitative estimate of drug-likeness (QED) is 0.584. The Kier molecular flexibility index (Phi) is 7.17. The van der Waals surface area contributed by atoms with Crippen LogP contribution in [0.5, 0.6) is 0 Å². The van der Waals surface area contributed by atoms with E-state index in [1.54, 1.807) is 0 Å². The smallest absolute Gasteiger partial charge is 0.251 e. The maximum Gasteiger partial charge on any atom is 0.251 e. The molecule has 3 heterocycles. The number of alkyl halides is 4. The Hall–Kier alpha value is -0.930. The van der Waals surface area contributed by atoms with Crippen LogP contribution in [0.2, 0.25) is 0 Å². The van der Waals surface area contributed by atoms with E-state index in [1.165, 1.54) is 0 Å². The molecule has 0 aromatic carbocycles. The third kappa shape index (κ3) is 5.12. The summed E-state index contributed by atoms with van der Waals surface area (Å²) in [5, 5.41) is 6.47. The number of piperidine rings is 1. The van der Waals surface area contributed by atoms with Gasteiger partial charge in [0.15, 0.2) is 0 Å². The predicted octanol–water partition coefficient (Wildman–Crippen LogP) is 3.14. The average Bonchev–Trinajstić information content (AvgIpc) is 3.22. The number of rotatable bonds is 5. The molecule has 3 saturated heterocycles. The molecule has 1 spiro atoms. The fraction of sp³-hybridized carbons (Fsp3) is 0.960. The SMILES string of the molecule is CC1CCC(F)C2CC(C(=O)NC3CC(F)CC(N4CC5(CCN(CC(F)F)CC5)C4)C3)NC12. The van der Waals surface area contributed by atoms with E-state index >= 15 is 0 Å². The number of nitrogens with zero attached hydrogens (tertiary/aromatic N) is 2. The molecule has 8 unspecified atom stereocenters. The highest BCUT2D eigenvalue weighted by Gasteiger charge is 2.49. The lowest BCUT2D eigenvalue weighted by Crippen LogP contribution is -2.65. The summed E-state index contributed by atoms with van der Waals surface area (Å²) in [5.74, 6) is 0.153. The van der Waals surface area contributed by atoms with E-state index in [9.17, 15) is 22.4 Å². The molecule has 1 amide bonds. The highest BCUT2D eigenvalue weighted by molar-refractivity contribution is 5.82. The molecule has 5 rings (SSSR count). The van der Waals surface area contributed by atoms with Crippen LogP contribution < -0.4 is 10.6 Å². The van der Waals surface area contributed by atoms with Gasteiger partial charge in [-0.25, -0.2) is 17.6 Å². The molecule has 8 atom stereocenters. The van der Waals surface area contributed by atoms with Crippen LogP contribution in [0.4, 0.5) is 17.6 Å². The Bertz CT molecular complexity index is 708. The predicted molar refractivity (Wildman–Crippen MR) is 122 cm³/mol. The van der Waals surface area contributed by atoms with Gasteiger partial charge in [-0.3, -0.25) is 14.6 Å². The zero-order valence-electron chi connectivity index (χ0n) is 20.2. The Morgan fingerprint density at radius 2 is 1.82 bits per heavy atom. The number of carbonyl (C=O) groups excluding carboxylic acids is 1. The lowest BCUT2D eigenvalue weighted by molar-refractivity contribution is -0.125. The minimum Gasteiger partial charge on any atom is -0.352 e. The van der Waals surface area contributed by atoms with E-state index in [1.807, 2.05) is 4.90 Å². The maximum absolute atomic E-state index is 14.7. The molecule has 0 bridgehead atoms. The molecule has 2 aliphatic carbocycles. The van der Waals surface area contributed by atoms with Crippen LogP contribution in [-0.2, 0) is 4.79 Å². The van der Waals surface area contributed by atoms with Gasteiger partial charge in [-0.15, -0.1) is 0 Å². The van der Waals surface area contributed by atoms with Gasteiger partial charge in [0.2, 0.25) is 5.91 Å². The number of halogens is 4. The molecule has 0 aromatic heterocycles. The monoisotopic (exact) mass is 488 g/mol. The standard InChI is InChI=1S/C25H40F4N4O/c1-15-2-3-20(27)19-11-21(31-23(15)19)24(34)30-17-8-16(26)9-18(10-17)33-13-25(14-33)4-6-32(7-5-25)12-22(28)29/h15-23,31H,2-14H2,1H3,(H,30,34). The Labute approximate surface area is 200 Å². The summed E-state index contributed by atoms with van der Waals surface area (Å²) in [6.07, 6.45) is 1.29. The van der Waals surface area contributed by atoms with Gasteiger partial charge in [0.1, 0.15) is 12.3 Å². The van der Waals surface area contributed by atoms with Crippen molar-refractivity contribution in [3.63, 3.8) is 0 Å². The van der Waals surface area contributed by atoms with Crippen molar-refractivity contribution in [2.45, 2.75) is 101 Å². The number of likely N-dealkylation sites (tertiary alicyclic amines) is 2. The summed E-state index contributed by atoms with van der Waals surface area (Å²) in [6.45, 7) is 5.20. The van der Waals surface area contributed by atoms with E-state index in [4.69, 9.17) is 0 Å². The normalized spacial score (nSPS) is 43.0. The van der Waals surface area contributed by atoms with Crippen molar-refractivity contribution in [3.8, 4) is 0 Å². The van der Waals surface area contributed by atoms with Crippen molar-refractivity contribution in [2.75, 3.05) is 32.7 Å². The number of amides is 1. The van der Waals surface area contributed by atoms with Gasteiger partial charge in [0, 0.05) is 37.1 Å². The van der Waals surface area contributed by atoms with Gasteiger partial charge in [-0.1, -0.05) is 6.92 Å². The summed E-state index contributed by atoms with van der Waals surface area (Å²) in [6, 6.07) is -0.434. The van der Waals surface area contributed by atoms with Gasteiger partial charge in [-0.05, 0) is 75.8 Å². The van der Waals surface area contributed by atoms with Crippen molar-refractivity contribution in [2.24, 2.45) is 17.3 Å². The van der Waals surface area contributed by atoms with Crippen molar-refractivity contribution in [1.82, 2.24) is 20.4 Å². The van der Waals surface area contributed by atoms with Gasteiger partial charge in [0.25, 0.3) is 6.43 Å². The van der Waals surface area contributed by atoms with Crippen LogP contribution in [-0.4, -0.2) is 91.4 Å². The first kappa shape index (κ1) is 24.8. The van der Waals surface area contributed by atoms with Gasteiger partial charge >= 0.3 is 0 Å². The number of hydrogen-bond acceptors (Lipinski definition) is 4. The fourth-order valence-electron chi connectivity index (χ4n) is 7.53. The lowest BCUT2D eigenvalue weighted by atomic mass is 9.70. The third-order valence-corrected chi connectivity index (χ3v) is 9.53. The molecule has 5 nitrogen and oxygen atoms in total. The van der Waals surface area contributed by atoms with Gasteiger partial charge in [0.05, 0.1) is 12.6 Å². The maximum atomic E-state index is 14.7. The number of nitrogens with one attached hydrogen (secondary N) is 2. The van der Waals surface area contributed by atoms with E-state index in [2.05, 4.69) is 22.5 Å². The molecule has 9 heteroatoms. The minimum absolute atomic E-state index is 0.0527. The topological polar surface area (TPSA) is 47.6 Å². The third-order valence-electron chi connectivity index (χ3n) is 9.53. The molecule has 5 fully saturated rings. The lowest BCUT2D eigenvalue weighted by Gasteiger charge is -2.57. The summed E-state index contributed by atoms with van der Waals surface area (Å²) < 4.78 is 54.4. The van der Waals surface area contributed by atoms with Crippen LogP contribution in [0.25, 0.3) is 0 Å². The molecular formula is C25H40F4N4O. The van der Waals surface area contributed by atoms with Crippen molar-refractivity contribution in [3.05, 3.63) is 0 Å². The second-order valence-electron chi connectivity index (χ2n) is 12.0. The highest BCUT2D eigenvalue weighted by Crippen LogP contribution is 2.44. The average molecular weight is 489 g/mol. The number of fused-ring (bicyclic) bond motifs is 1. The molecule has 2 saturated carbocycles. The van der Waals surface area contributed by atoms with E-state index < -0.39 is 24.8 Å². The highest BCUT2D eigenvalue weighted by atomic mass is 19.3. The molecular weight excluding hydrogens is 448 g/mol. The fourth-order valence-corrected chi connectivity index (χ4v) is 7.53. The molecule has 34 heavy (non-hydrogen) atoms. The number of carbonyl (C=O) groups is 1. The van der Waals surface area contributed by atoms with Crippen LogP contribution in [0.15, 0.2) is 0 Å². The summed E-state index contributed by atoms with van der Waals surface area (Å²) in [7, 11) is 0. The Morgan fingerprint density at radius 3 is 2.50 bits per heavy atom. The van der Waals surface area contributed by atoms with Crippen molar-refractivity contribution in [1.29, 1.82) is 0 Å². The summed E-state index contributed by atoms with van der Waals surface area (Å²) in [4.78, 5) is 17.2. The van der Waals surface area contributed by atoms with E-state index in [0.717, 1.165) is 38.8 Å². The first-order valence-electron chi connectivity index (χ1n) is 13.3. The molecule has 194 valence electrons. The second kappa shape index (κ2) is 9.85. The molecule has 3 aliphatic heterocycles.